The third kappa shape index (κ3) is 2.56. The van der Waals surface area contributed by atoms with Gasteiger partial charge in [-0.25, -0.2) is 0 Å². The second-order valence-electron chi connectivity index (χ2n) is 3.60. The summed E-state index contributed by atoms with van der Waals surface area (Å²) in [5, 5.41) is 10.6. The van der Waals surface area contributed by atoms with Crippen LogP contribution in [0.5, 0.6) is 0 Å². The molecule has 2 N–H and O–H groups in total. The fraction of sp³-hybridized carbons (Fsp3) is 0.700. The highest BCUT2D eigenvalue weighted by atomic mass is 15.1. The third-order valence-electron chi connectivity index (χ3n) is 2.52. The van der Waals surface area contributed by atoms with Gasteiger partial charge < -0.3 is 5.32 Å². The molecule has 3 nitrogen and oxygen atoms in total. The van der Waals surface area contributed by atoms with E-state index >= 15 is 0 Å². The molecule has 0 aromatic carbocycles. The summed E-state index contributed by atoms with van der Waals surface area (Å²) in [4.78, 5) is 0. The summed E-state index contributed by atoms with van der Waals surface area (Å²) in [6.45, 7) is 9.41. The summed E-state index contributed by atoms with van der Waals surface area (Å²) in [5.74, 6) is 0. The van der Waals surface area contributed by atoms with E-state index in [1.54, 1.807) is 0 Å². The minimum Gasteiger partial charge on any atom is -0.310 e. The maximum atomic E-state index is 4.15. The van der Waals surface area contributed by atoms with Crippen LogP contribution in [0.25, 0.3) is 0 Å². The lowest BCUT2D eigenvalue weighted by Gasteiger charge is -2.10. The van der Waals surface area contributed by atoms with E-state index in [1.807, 2.05) is 6.92 Å². The van der Waals surface area contributed by atoms with Gasteiger partial charge >= 0.3 is 0 Å². The Morgan fingerprint density at radius 3 is 2.62 bits per heavy atom. The van der Waals surface area contributed by atoms with Crippen LogP contribution in [0, 0.1) is 13.8 Å². The van der Waals surface area contributed by atoms with Crippen LogP contribution in [0.4, 0.5) is 0 Å². The van der Waals surface area contributed by atoms with Crippen molar-refractivity contribution >= 4 is 0 Å². The molecule has 1 atom stereocenters. The van der Waals surface area contributed by atoms with Crippen LogP contribution in [-0.4, -0.2) is 16.2 Å². The van der Waals surface area contributed by atoms with Crippen molar-refractivity contribution < 1.29 is 0 Å². The number of nitrogens with one attached hydrogen (secondary N) is 2. The van der Waals surface area contributed by atoms with Gasteiger partial charge in [0.05, 0.1) is 5.69 Å². The second kappa shape index (κ2) is 4.42. The van der Waals surface area contributed by atoms with Crippen molar-refractivity contribution in [2.45, 2.75) is 46.7 Å². The predicted molar refractivity (Wildman–Crippen MR) is 54.7 cm³/mol. The zero-order valence-corrected chi connectivity index (χ0v) is 8.94. The SMILES string of the molecule is CCC(C)NCc1c(C)n[nH]c1C. The Kier molecular flexibility index (Phi) is 3.48. The number of aryl methyl sites for hydroxylation is 2. The highest BCUT2D eigenvalue weighted by Crippen LogP contribution is 2.08. The summed E-state index contributed by atoms with van der Waals surface area (Å²) in [7, 11) is 0. The van der Waals surface area contributed by atoms with E-state index < -0.39 is 0 Å². The average molecular weight is 181 g/mol. The van der Waals surface area contributed by atoms with Crippen LogP contribution in [0.3, 0.4) is 0 Å². The minimum absolute atomic E-state index is 0.577. The van der Waals surface area contributed by atoms with Gasteiger partial charge in [-0.15, -0.1) is 0 Å². The van der Waals surface area contributed by atoms with Crippen molar-refractivity contribution in [1.82, 2.24) is 15.5 Å². The Balaban J connectivity index is 2.53. The van der Waals surface area contributed by atoms with Gasteiger partial charge in [0.15, 0.2) is 0 Å². The molecule has 0 amide bonds. The van der Waals surface area contributed by atoms with Crippen LogP contribution < -0.4 is 5.32 Å². The van der Waals surface area contributed by atoms with Crippen LogP contribution in [-0.2, 0) is 6.54 Å². The van der Waals surface area contributed by atoms with Gasteiger partial charge in [-0.05, 0) is 27.2 Å². The number of aromatic amines is 1. The van der Waals surface area contributed by atoms with Gasteiger partial charge in [0.2, 0.25) is 0 Å². The Hall–Kier alpha value is -0.830. The maximum absolute atomic E-state index is 4.15. The monoisotopic (exact) mass is 181 g/mol. The lowest BCUT2D eigenvalue weighted by atomic mass is 10.2. The van der Waals surface area contributed by atoms with E-state index in [-0.39, 0.29) is 0 Å². The Bertz CT molecular complexity index is 246. The fourth-order valence-corrected chi connectivity index (χ4v) is 1.26. The molecule has 0 saturated carbocycles. The molecule has 1 rings (SSSR count). The molecule has 0 aliphatic carbocycles. The van der Waals surface area contributed by atoms with Crippen LogP contribution >= 0.6 is 0 Å². The summed E-state index contributed by atoms with van der Waals surface area (Å²) in [6.07, 6.45) is 1.16. The highest BCUT2D eigenvalue weighted by Gasteiger charge is 2.06. The molecule has 0 spiro atoms. The summed E-state index contributed by atoms with van der Waals surface area (Å²) < 4.78 is 0. The van der Waals surface area contributed by atoms with Gasteiger partial charge in [0, 0.05) is 23.8 Å². The smallest absolute Gasteiger partial charge is 0.0638 e. The van der Waals surface area contributed by atoms with E-state index in [4.69, 9.17) is 0 Å². The maximum Gasteiger partial charge on any atom is 0.0638 e. The standard InChI is InChI=1S/C10H19N3/c1-5-7(2)11-6-10-8(3)12-13-9(10)4/h7,11H,5-6H2,1-4H3,(H,12,13). The first-order valence-corrected chi connectivity index (χ1v) is 4.89. The Labute approximate surface area is 79.9 Å². The van der Waals surface area contributed by atoms with Crippen molar-refractivity contribution in [3.63, 3.8) is 0 Å². The van der Waals surface area contributed by atoms with Crippen LogP contribution in [0.2, 0.25) is 0 Å². The molecule has 1 aromatic heterocycles. The van der Waals surface area contributed by atoms with Crippen molar-refractivity contribution in [2.24, 2.45) is 0 Å². The molecule has 13 heavy (non-hydrogen) atoms. The molecule has 0 saturated heterocycles. The molecule has 0 bridgehead atoms. The van der Waals surface area contributed by atoms with Gasteiger partial charge in [-0.1, -0.05) is 6.92 Å². The quantitative estimate of drug-likeness (QED) is 0.745. The molecule has 1 unspecified atom stereocenters. The van der Waals surface area contributed by atoms with E-state index in [9.17, 15) is 0 Å². The fourth-order valence-electron chi connectivity index (χ4n) is 1.26. The molecule has 0 aliphatic heterocycles. The number of hydrogen-bond acceptors (Lipinski definition) is 2. The average Bonchev–Trinajstić information content (AvgIpc) is 2.43. The topological polar surface area (TPSA) is 40.7 Å². The minimum atomic E-state index is 0.577. The first-order valence-electron chi connectivity index (χ1n) is 4.89. The normalized spacial score (nSPS) is 13.2. The van der Waals surface area contributed by atoms with Gasteiger partial charge in [-0.2, -0.15) is 5.10 Å². The summed E-state index contributed by atoms with van der Waals surface area (Å²) in [6, 6.07) is 0.577. The lowest BCUT2D eigenvalue weighted by Crippen LogP contribution is -2.24. The van der Waals surface area contributed by atoms with E-state index in [0.717, 1.165) is 18.7 Å². The van der Waals surface area contributed by atoms with Crippen LogP contribution in [0.1, 0.15) is 37.2 Å². The van der Waals surface area contributed by atoms with Gasteiger partial charge in [0.1, 0.15) is 0 Å². The van der Waals surface area contributed by atoms with Crippen LogP contribution in [0.15, 0.2) is 0 Å². The molecule has 1 heterocycles. The molecule has 0 fully saturated rings. The molecule has 3 heteroatoms. The highest BCUT2D eigenvalue weighted by molar-refractivity contribution is 5.22. The van der Waals surface area contributed by atoms with E-state index in [2.05, 4.69) is 36.3 Å². The van der Waals surface area contributed by atoms with Crippen molar-refractivity contribution in [3.8, 4) is 0 Å². The zero-order valence-electron chi connectivity index (χ0n) is 8.94. The number of hydrogen-bond donors (Lipinski definition) is 2. The van der Waals surface area contributed by atoms with Gasteiger partial charge in [-0.3, -0.25) is 5.10 Å². The predicted octanol–water partition coefficient (Wildman–Crippen LogP) is 1.91. The van der Waals surface area contributed by atoms with Crippen molar-refractivity contribution in [1.29, 1.82) is 0 Å². The number of aromatic nitrogens is 2. The lowest BCUT2D eigenvalue weighted by molar-refractivity contribution is 0.532. The largest absolute Gasteiger partial charge is 0.310 e. The Morgan fingerprint density at radius 1 is 1.46 bits per heavy atom. The van der Waals surface area contributed by atoms with E-state index in [0.29, 0.717) is 6.04 Å². The number of H-pyrrole nitrogens is 1. The first kappa shape index (κ1) is 10.3. The Morgan fingerprint density at radius 2 is 2.15 bits per heavy atom. The summed E-state index contributed by atoms with van der Waals surface area (Å²) >= 11 is 0. The van der Waals surface area contributed by atoms with E-state index in [1.165, 1.54) is 11.3 Å². The molecule has 74 valence electrons. The number of rotatable bonds is 4. The second-order valence-corrected chi connectivity index (χ2v) is 3.60. The zero-order chi connectivity index (χ0) is 9.84. The first-order chi connectivity index (χ1) is 6.15. The van der Waals surface area contributed by atoms with Gasteiger partial charge in [0.25, 0.3) is 0 Å². The molecule has 1 aromatic rings. The molecular formula is C10H19N3. The summed E-state index contributed by atoms with van der Waals surface area (Å²) in [5.41, 5.74) is 3.59. The third-order valence-corrected chi connectivity index (χ3v) is 2.52. The molecular weight excluding hydrogens is 162 g/mol. The van der Waals surface area contributed by atoms with Crippen molar-refractivity contribution in [3.05, 3.63) is 17.0 Å². The number of nitrogens with zero attached hydrogens (tertiary/aromatic N) is 1. The van der Waals surface area contributed by atoms with Crippen molar-refractivity contribution in [2.75, 3.05) is 0 Å². The molecule has 0 radical (unpaired) electrons. The molecule has 0 aliphatic rings.